The van der Waals surface area contributed by atoms with Crippen molar-refractivity contribution in [1.82, 2.24) is 4.72 Å². The van der Waals surface area contributed by atoms with Gasteiger partial charge in [0.1, 0.15) is 16.7 Å². The fourth-order valence-corrected chi connectivity index (χ4v) is 4.24. The van der Waals surface area contributed by atoms with Crippen LogP contribution in [0.3, 0.4) is 0 Å². The first kappa shape index (κ1) is 21.6. The second-order valence-electron chi connectivity index (χ2n) is 6.75. The van der Waals surface area contributed by atoms with Gasteiger partial charge in [-0.2, -0.15) is 11.3 Å². The molecule has 2 rings (SSSR count). The molecular weight excluding hydrogens is 404 g/mol. The van der Waals surface area contributed by atoms with Crippen LogP contribution in [-0.4, -0.2) is 21.8 Å². The minimum Gasteiger partial charge on any atom is -0.307 e. The van der Waals surface area contributed by atoms with Gasteiger partial charge in [0.25, 0.3) is 0 Å². The van der Waals surface area contributed by atoms with Gasteiger partial charge in [0.15, 0.2) is 5.78 Å². The first-order chi connectivity index (χ1) is 12.7. The molecule has 0 fully saturated rings. The quantitative estimate of drug-likeness (QED) is 0.588. The standard InChI is InChI=1S/C19H23ClN2O3S2/c1-11(2)15-7-14(20)8-16(12(3)4)18(15)21-19(24)22-27(25)10-17(23)13-5-6-26-9-13/h5-9,11-12H,10H2,1-4H3,(H2,21,22,24). The van der Waals surface area contributed by atoms with Crippen LogP contribution in [0.2, 0.25) is 5.02 Å². The molecule has 146 valence electrons. The highest BCUT2D eigenvalue weighted by Crippen LogP contribution is 2.35. The number of carbonyl (C=O) groups is 2. The van der Waals surface area contributed by atoms with Crippen LogP contribution in [0.15, 0.2) is 29.0 Å². The van der Waals surface area contributed by atoms with Crippen LogP contribution < -0.4 is 10.0 Å². The van der Waals surface area contributed by atoms with Crippen molar-refractivity contribution in [3.8, 4) is 0 Å². The maximum atomic E-state index is 12.4. The number of ketones is 1. The lowest BCUT2D eigenvalue weighted by Gasteiger charge is -2.21. The summed E-state index contributed by atoms with van der Waals surface area (Å²) in [6, 6.07) is 4.70. The minimum absolute atomic E-state index is 0.141. The van der Waals surface area contributed by atoms with Gasteiger partial charge in [0.2, 0.25) is 0 Å². The predicted molar refractivity (Wildman–Crippen MR) is 113 cm³/mol. The van der Waals surface area contributed by atoms with E-state index in [1.807, 2.05) is 39.8 Å². The molecule has 2 amide bonds. The summed E-state index contributed by atoms with van der Waals surface area (Å²) in [7, 11) is -1.81. The maximum absolute atomic E-state index is 12.4. The summed E-state index contributed by atoms with van der Waals surface area (Å²) in [5, 5.41) is 6.87. The number of hydrogen-bond donors (Lipinski definition) is 2. The van der Waals surface area contributed by atoms with E-state index in [2.05, 4.69) is 10.0 Å². The number of anilines is 1. The van der Waals surface area contributed by atoms with E-state index in [1.54, 1.807) is 16.8 Å². The Kier molecular flexibility index (Phi) is 7.59. The molecule has 1 aromatic heterocycles. The fraction of sp³-hybridized carbons (Fsp3) is 0.368. The number of carbonyl (C=O) groups excluding carboxylic acids is 2. The van der Waals surface area contributed by atoms with Gasteiger partial charge in [-0.1, -0.05) is 39.3 Å². The third kappa shape index (κ3) is 5.89. The van der Waals surface area contributed by atoms with E-state index in [9.17, 15) is 13.8 Å². The summed E-state index contributed by atoms with van der Waals surface area (Å²) in [6.07, 6.45) is 0. The Balaban J connectivity index is 2.13. The Labute approximate surface area is 171 Å². The summed E-state index contributed by atoms with van der Waals surface area (Å²) in [5.74, 6) is -0.254. The van der Waals surface area contributed by atoms with Gasteiger partial charge in [0, 0.05) is 21.7 Å². The van der Waals surface area contributed by atoms with Gasteiger partial charge in [-0.05, 0) is 46.5 Å². The lowest BCUT2D eigenvalue weighted by Crippen LogP contribution is -2.34. The summed E-state index contributed by atoms with van der Waals surface area (Å²) < 4.78 is 14.5. The van der Waals surface area contributed by atoms with E-state index in [1.165, 1.54) is 11.3 Å². The first-order valence-electron chi connectivity index (χ1n) is 8.53. The zero-order chi connectivity index (χ0) is 20.1. The number of halogens is 1. The lowest BCUT2D eigenvalue weighted by molar-refractivity contribution is 0.102. The Morgan fingerprint density at radius 3 is 2.22 bits per heavy atom. The van der Waals surface area contributed by atoms with E-state index in [0.717, 1.165) is 11.1 Å². The number of thiophene rings is 1. The first-order valence-corrected chi connectivity index (χ1v) is 11.2. The molecule has 0 radical (unpaired) electrons. The second-order valence-corrected chi connectivity index (χ2v) is 9.15. The molecule has 1 aromatic carbocycles. The van der Waals surface area contributed by atoms with E-state index in [-0.39, 0.29) is 23.4 Å². The molecule has 0 spiro atoms. The number of hydrogen-bond acceptors (Lipinski definition) is 4. The van der Waals surface area contributed by atoms with Gasteiger partial charge < -0.3 is 5.32 Å². The Morgan fingerprint density at radius 1 is 1.15 bits per heavy atom. The molecule has 1 atom stereocenters. The largest absolute Gasteiger partial charge is 0.331 e. The van der Waals surface area contributed by atoms with Crippen molar-refractivity contribution in [3.63, 3.8) is 0 Å². The summed E-state index contributed by atoms with van der Waals surface area (Å²) in [5.41, 5.74) is 2.98. The Morgan fingerprint density at radius 2 is 1.74 bits per heavy atom. The van der Waals surface area contributed by atoms with Crippen LogP contribution in [0.1, 0.15) is 61.0 Å². The van der Waals surface area contributed by atoms with Crippen LogP contribution in [-0.2, 0) is 11.0 Å². The molecule has 0 aliphatic heterocycles. The van der Waals surface area contributed by atoms with E-state index in [0.29, 0.717) is 16.3 Å². The van der Waals surface area contributed by atoms with Crippen molar-refractivity contribution >= 4 is 51.4 Å². The number of rotatable bonds is 7. The molecule has 0 saturated carbocycles. The van der Waals surface area contributed by atoms with Crippen LogP contribution in [0.25, 0.3) is 0 Å². The Bertz CT molecular complexity index is 820. The summed E-state index contributed by atoms with van der Waals surface area (Å²) in [6.45, 7) is 8.04. The number of benzene rings is 1. The molecule has 0 saturated heterocycles. The van der Waals surface area contributed by atoms with Crippen molar-refractivity contribution in [2.45, 2.75) is 39.5 Å². The zero-order valence-electron chi connectivity index (χ0n) is 15.7. The average molecular weight is 427 g/mol. The fourth-order valence-electron chi connectivity index (χ4n) is 2.61. The molecule has 0 aliphatic carbocycles. The minimum atomic E-state index is -1.81. The molecule has 0 aliphatic rings. The van der Waals surface area contributed by atoms with E-state index in [4.69, 9.17) is 11.6 Å². The van der Waals surface area contributed by atoms with Crippen molar-refractivity contribution < 1.29 is 13.8 Å². The number of urea groups is 1. The monoisotopic (exact) mass is 426 g/mol. The van der Waals surface area contributed by atoms with Crippen LogP contribution in [0.4, 0.5) is 10.5 Å². The lowest BCUT2D eigenvalue weighted by atomic mass is 9.92. The molecule has 5 nitrogen and oxygen atoms in total. The van der Waals surface area contributed by atoms with Gasteiger partial charge >= 0.3 is 6.03 Å². The van der Waals surface area contributed by atoms with E-state index >= 15 is 0 Å². The molecule has 1 heterocycles. The summed E-state index contributed by atoms with van der Waals surface area (Å²) >= 11 is 7.61. The van der Waals surface area contributed by atoms with Gasteiger partial charge in [-0.15, -0.1) is 0 Å². The highest BCUT2D eigenvalue weighted by molar-refractivity contribution is 7.84. The molecule has 27 heavy (non-hydrogen) atoms. The van der Waals surface area contributed by atoms with Crippen molar-refractivity contribution in [1.29, 1.82) is 0 Å². The van der Waals surface area contributed by atoms with Crippen molar-refractivity contribution in [2.24, 2.45) is 0 Å². The normalized spacial score (nSPS) is 12.3. The third-order valence-electron chi connectivity index (χ3n) is 3.96. The molecule has 0 bridgehead atoms. The molecule has 8 heteroatoms. The topological polar surface area (TPSA) is 75.3 Å². The predicted octanol–water partition coefficient (Wildman–Crippen LogP) is 5.32. The number of amides is 2. The van der Waals surface area contributed by atoms with Crippen LogP contribution in [0.5, 0.6) is 0 Å². The number of Topliss-reactive ketones (excluding diaryl/α,β-unsaturated/α-hetero) is 1. The van der Waals surface area contributed by atoms with Crippen LogP contribution in [0, 0.1) is 0 Å². The summed E-state index contributed by atoms with van der Waals surface area (Å²) in [4.78, 5) is 24.4. The molecule has 1 unspecified atom stereocenters. The second kappa shape index (κ2) is 9.48. The number of nitrogens with one attached hydrogen (secondary N) is 2. The SMILES string of the molecule is CC(C)c1cc(Cl)cc(C(C)C)c1NC(=O)NS(=O)CC(=O)c1ccsc1. The van der Waals surface area contributed by atoms with Crippen molar-refractivity contribution in [3.05, 3.63) is 50.7 Å². The van der Waals surface area contributed by atoms with Crippen molar-refractivity contribution in [2.75, 3.05) is 11.1 Å². The smallest absolute Gasteiger partial charge is 0.307 e. The van der Waals surface area contributed by atoms with Gasteiger partial charge in [0.05, 0.1) is 0 Å². The highest BCUT2D eigenvalue weighted by Gasteiger charge is 2.19. The van der Waals surface area contributed by atoms with Crippen LogP contribution >= 0.6 is 22.9 Å². The van der Waals surface area contributed by atoms with Gasteiger partial charge in [-0.25, -0.2) is 9.00 Å². The maximum Gasteiger partial charge on any atom is 0.331 e. The zero-order valence-corrected chi connectivity index (χ0v) is 18.1. The molecule has 2 aromatic rings. The molecular formula is C19H23ClN2O3S2. The van der Waals surface area contributed by atoms with E-state index < -0.39 is 17.0 Å². The highest BCUT2D eigenvalue weighted by atomic mass is 35.5. The average Bonchev–Trinajstić information content (AvgIpc) is 3.09. The van der Waals surface area contributed by atoms with Gasteiger partial charge in [-0.3, -0.25) is 9.52 Å². The third-order valence-corrected chi connectivity index (χ3v) is 5.80. The molecule has 2 N–H and O–H groups in total. The Hall–Kier alpha value is -1.70.